The van der Waals surface area contributed by atoms with Crippen molar-refractivity contribution in [1.82, 2.24) is 10.4 Å². The molecule has 4 nitrogen and oxygen atoms in total. The van der Waals surface area contributed by atoms with Gasteiger partial charge in [0, 0.05) is 25.2 Å². The summed E-state index contributed by atoms with van der Waals surface area (Å²) < 4.78 is 5.07. The molecular weight excluding hydrogens is 190 g/mol. The van der Waals surface area contributed by atoms with Crippen LogP contribution in [-0.2, 0) is 0 Å². The Morgan fingerprint density at radius 1 is 1.40 bits per heavy atom. The molecule has 2 heterocycles. The quantitative estimate of drug-likeness (QED) is 0.784. The van der Waals surface area contributed by atoms with Gasteiger partial charge in [0.15, 0.2) is 0 Å². The monoisotopic (exact) mass is 209 g/mol. The van der Waals surface area contributed by atoms with Gasteiger partial charge in [-0.3, -0.25) is 0 Å². The van der Waals surface area contributed by atoms with Gasteiger partial charge in [0.05, 0.1) is 18.6 Å². The summed E-state index contributed by atoms with van der Waals surface area (Å²) in [6.07, 6.45) is 7.34. The summed E-state index contributed by atoms with van der Waals surface area (Å²) in [4.78, 5) is 0. The number of furan rings is 1. The highest BCUT2D eigenvalue weighted by atomic mass is 16.3. The summed E-state index contributed by atoms with van der Waals surface area (Å²) in [5.41, 5.74) is 10.3. The maximum atomic E-state index is 5.75. The van der Waals surface area contributed by atoms with E-state index in [1.54, 1.807) is 12.5 Å². The molecule has 0 radical (unpaired) electrons. The highest BCUT2D eigenvalue weighted by Gasteiger charge is 2.16. The van der Waals surface area contributed by atoms with E-state index in [9.17, 15) is 0 Å². The van der Waals surface area contributed by atoms with Gasteiger partial charge in [-0.15, -0.1) is 0 Å². The lowest BCUT2D eigenvalue weighted by Gasteiger charge is -2.30. The predicted molar refractivity (Wildman–Crippen MR) is 59.1 cm³/mol. The average Bonchev–Trinajstić information content (AvgIpc) is 2.81. The first kappa shape index (κ1) is 10.7. The minimum absolute atomic E-state index is 0.182. The van der Waals surface area contributed by atoms with Crippen LogP contribution in [-0.4, -0.2) is 24.6 Å². The summed E-state index contributed by atoms with van der Waals surface area (Å²) in [5.74, 6) is 0. The van der Waals surface area contributed by atoms with Gasteiger partial charge in [-0.2, -0.15) is 0 Å². The molecular formula is C11H19N3O. The van der Waals surface area contributed by atoms with Crippen LogP contribution in [0.5, 0.6) is 0 Å². The molecule has 0 bridgehead atoms. The number of hydrogen-bond acceptors (Lipinski definition) is 4. The second-order valence-electron chi connectivity index (χ2n) is 4.02. The van der Waals surface area contributed by atoms with Crippen LogP contribution in [0.2, 0.25) is 0 Å². The van der Waals surface area contributed by atoms with Gasteiger partial charge in [0.1, 0.15) is 0 Å². The Bertz CT molecular complexity index is 267. The first-order valence-electron chi connectivity index (χ1n) is 5.63. The van der Waals surface area contributed by atoms with Gasteiger partial charge in [0.25, 0.3) is 0 Å². The van der Waals surface area contributed by atoms with Crippen molar-refractivity contribution in [1.29, 1.82) is 0 Å². The molecule has 0 aliphatic carbocycles. The van der Waals surface area contributed by atoms with E-state index in [0.29, 0.717) is 6.54 Å². The molecule has 0 spiro atoms. The Morgan fingerprint density at radius 2 is 2.20 bits per heavy atom. The van der Waals surface area contributed by atoms with Crippen LogP contribution in [0.1, 0.15) is 30.9 Å². The smallest absolute Gasteiger partial charge is 0.0951 e. The van der Waals surface area contributed by atoms with Crippen molar-refractivity contribution in [3.05, 3.63) is 24.2 Å². The maximum Gasteiger partial charge on any atom is 0.0951 e. The Kier molecular flexibility index (Phi) is 3.77. The second kappa shape index (κ2) is 5.30. The van der Waals surface area contributed by atoms with Crippen LogP contribution < -0.4 is 11.2 Å². The molecule has 3 N–H and O–H groups in total. The SMILES string of the molecule is NCC(NN1CCCCC1)c1ccoc1. The van der Waals surface area contributed by atoms with Crippen molar-refractivity contribution in [3.8, 4) is 0 Å². The fraction of sp³-hybridized carbons (Fsp3) is 0.636. The van der Waals surface area contributed by atoms with E-state index < -0.39 is 0 Å². The third-order valence-corrected chi connectivity index (χ3v) is 2.88. The van der Waals surface area contributed by atoms with Crippen LogP contribution in [0, 0.1) is 0 Å². The molecule has 15 heavy (non-hydrogen) atoms. The minimum Gasteiger partial charge on any atom is -0.472 e. The molecule has 0 amide bonds. The van der Waals surface area contributed by atoms with Crippen LogP contribution >= 0.6 is 0 Å². The molecule has 1 atom stereocenters. The Morgan fingerprint density at radius 3 is 2.80 bits per heavy atom. The molecule has 1 aromatic rings. The lowest BCUT2D eigenvalue weighted by molar-refractivity contribution is 0.130. The van der Waals surface area contributed by atoms with E-state index in [2.05, 4.69) is 10.4 Å². The Hall–Kier alpha value is -0.840. The van der Waals surface area contributed by atoms with Gasteiger partial charge in [-0.05, 0) is 18.9 Å². The van der Waals surface area contributed by atoms with Crippen molar-refractivity contribution in [2.45, 2.75) is 25.3 Å². The largest absolute Gasteiger partial charge is 0.472 e. The fourth-order valence-corrected chi connectivity index (χ4v) is 1.98. The van der Waals surface area contributed by atoms with E-state index in [1.807, 2.05) is 6.07 Å². The van der Waals surface area contributed by atoms with Gasteiger partial charge in [0.2, 0.25) is 0 Å². The number of nitrogens with one attached hydrogen (secondary N) is 1. The van der Waals surface area contributed by atoms with E-state index >= 15 is 0 Å². The molecule has 1 aliphatic rings. The highest BCUT2D eigenvalue weighted by Crippen LogP contribution is 2.14. The predicted octanol–water partition coefficient (Wildman–Crippen LogP) is 1.27. The molecule has 1 unspecified atom stereocenters. The molecule has 2 rings (SSSR count). The first-order valence-corrected chi connectivity index (χ1v) is 5.63. The highest BCUT2D eigenvalue weighted by molar-refractivity contribution is 5.11. The van der Waals surface area contributed by atoms with E-state index in [-0.39, 0.29) is 6.04 Å². The molecule has 1 saturated heterocycles. The standard InChI is InChI=1S/C11H19N3O/c12-8-11(10-4-7-15-9-10)13-14-5-2-1-3-6-14/h4,7,9,11,13H,1-3,5-6,8,12H2. The lowest BCUT2D eigenvalue weighted by atomic mass is 10.1. The Labute approximate surface area is 90.4 Å². The third kappa shape index (κ3) is 2.81. The van der Waals surface area contributed by atoms with Gasteiger partial charge < -0.3 is 10.2 Å². The zero-order valence-electron chi connectivity index (χ0n) is 8.98. The molecule has 0 saturated carbocycles. The van der Waals surface area contributed by atoms with E-state index in [1.165, 1.54) is 19.3 Å². The molecule has 0 aromatic carbocycles. The second-order valence-corrected chi connectivity index (χ2v) is 4.02. The third-order valence-electron chi connectivity index (χ3n) is 2.88. The van der Waals surface area contributed by atoms with Crippen molar-refractivity contribution >= 4 is 0 Å². The van der Waals surface area contributed by atoms with Gasteiger partial charge >= 0.3 is 0 Å². The number of nitrogens with two attached hydrogens (primary N) is 1. The van der Waals surface area contributed by atoms with Crippen molar-refractivity contribution in [2.24, 2.45) is 5.73 Å². The summed E-state index contributed by atoms with van der Waals surface area (Å²) in [6.45, 7) is 2.83. The van der Waals surface area contributed by atoms with Crippen molar-refractivity contribution in [3.63, 3.8) is 0 Å². The van der Waals surface area contributed by atoms with Crippen molar-refractivity contribution in [2.75, 3.05) is 19.6 Å². The summed E-state index contributed by atoms with van der Waals surface area (Å²) in [6, 6.07) is 2.15. The van der Waals surface area contributed by atoms with E-state index in [4.69, 9.17) is 10.2 Å². The van der Waals surface area contributed by atoms with Gasteiger partial charge in [-0.25, -0.2) is 10.4 Å². The maximum absolute atomic E-state index is 5.75. The zero-order chi connectivity index (χ0) is 10.5. The van der Waals surface area contributed by atoms with E-state index in [0.717, 1.165) is 18.7 Å². The molecule has 1 aliphatic heterocycles. The normalized spacial score (nSPS) is 20.3. The topological polar surface area (TPSA) is 54.4 Å². The number of hydrogen-bond donors (Lipinski definition) is 2. The number of piperidine rings is 1. The fourth-order valence-electron chi connectivity index (χ4n) is 1.98. The Balaban J connectivity index is 1.90. The summed E-state index contributed by atoms with van der Waals surface area (Å²) in [5, 5.41) is 2.27. The molecule has 4 heteroatoms. The van der Waals surface area contributed by atoms with Crippen LogP contribution in [0.15, 0.2) is 23.0 Å². The number of rotatable bonds is 4. The number of hydrazine groups is 1. The van der Waals surface area contributed by atoms with Crippen LogP contribution in [0.4, 0.5) is 0 Å². The summed E-state index contributed by atoms with van der Waals surface area (Å²) in [7, 11) is 0. The molecule has 84 valence electrons. The number of nitrogens with zero attached hydrogens (tertiary/aromatic N) is 1. The minimum atomic E-state index is 0.182. The first-order chi connectivity index (χ1) is 7.40. The van der Waals surface area contributed by atoms with Crippen LogP contribution in [0.25, 0.3) is 0 Å². The molecule has 1 aromatic heterocycles. The summed E-state index contributed by atoms with van der Waals surface area (Å²) >= 11 is 0. The van der Waals surface area contributed by atoms with Gasteiger partial charge in [-0.1, -0.05) is 6.42 Å². The zero-order valence-corrected chi connectivity index (χ0v) is 8.98. The average molecular weight is 209 g/mol. The lowest BCUT2D eigenvalue weighted by Crippen LogP contribution is -2.45. The van der Waals surface area contributed by atoms with Crippen molar-refractivity contribution < 1.29 is 4.42 Å². The molecule has 1 fully saturated rings. The van der Waals surface area contributed by atoms with Crippen LogP contribution in [0.3, 0.4) is 0 Å².